The van der Waals surface area contributed by atoms with Gasteiger partial charge in [-0.25, -0.2) is 0 Å². The van der Waals surface area contributed by atoms with Crippen molar-refractivity contribution >= 4 is 11.8 Å². The molecular weight excluding hydrogens is 202 g/mol. The molecule has 0 aliphatic heterocycles. The maximum absolute atomic E-state index is 3.59. The minimum Gasteiger partial charge on any atom is -0.313 e. The van der Waals surface area contributed by atoms with E-state index in [0.717, 1.165) is 6.54 Å². The van der Waals surface area contributed by atoms with E-state index in [4.69, 9.17) is 0 Å². The molecule has 0 amide bonds. The largest absolute Gasteiger partial charge is 0.313 e. The van der Waals surface area contributed by atoms with Crippen LogP contribution in [0, 0.1) is 5.41 Å². The lowest BCUT2D eigenvalue weighted by Gasteiger charge is -2.23. The molecule has 0 aromatic heterocycles. The van der Waals surface area contributed by atoms with Gasteiger partial charge in [-0.2, -0.15) is 11.8 Å². The van der Waals surface area contributed by atoms with Gasteiger partial charge in [0.05, 0.1) is 0 Å². The van der Waals surface area contributed by atoms with Crippen LogP contribution >= 0.6 is 11.8 Å². The molecule has 0 aromatic carbocycles. The summed E-state index contributed by atoms with van der Waals surface area (Å²) in [7, 11) is 0. The highest BCUT2D eigenvalue weighted by Crippen LogP contribution is 2.22. The fourth-order valence-corrected chi connectivity index (χ4v) is 2.53. The Kier molecular flexibility index (Phi) is 8.64. The summed E-state index contributed by atoms with van der Waals surface area (Å²) in [5.41, 5.74) is 0.475. The normalized spacial score (nSPS) is 14.2. The fraction of sp³-hybridized carbons (Fsp3) is 1.00. The molecule has 0 saturated carbocycles. The molecule has 0 rings (SSSR count). The summed E-state index contributed by atoms with van der Waals surface area (Å²) < 4.78 is 0. The van der Waals surface area contributed by atoms with E-state index >= 15 is 0 Å². The highest BCUT2D eigenvalue weighted by molar-refractivity contribution is 7.99. The highest BCUT2D eigenvalue weighted by Gasteiger charge is 2.14. The van der Waals surface area contributed by atoms with Crippen molar-refractivity contribution in [1.29, 1.82) is 0 Å². The zero-order chi connectivity index (χ0) is 11.7. The second-order valence-corrected chi connectivity index (χ2v) is 6.58. The van der Waals surface area contributed by atoms with Crippen molar-refractivity contribution in [1.82, 2.24) is 5.32 Å². The highest BCUT2D eigenvalue weighted by atomic mass is 32.2. The van der Waals surface area contributed by atoms with Crippen LogP contribution in [0.4, 0.5) is 0 Å². The van der Waals surface area contributed by atoms with Crippen molar-refractivity contribution in [2.45, 2.75) is 59.9 Å². The van der Waals surface area contributed by atoms with Crippen molar-refractivity contribution in [3.8, 4) is 0 Å². The van der Waals surface area contributed by atoms with Crippen LogP contribution in [0.2, 0.25) is 0 Å². The summed E-state index contributed by atoms with van der Waals surface area (Å²) in [5, 5.41) is 3.59. The van der Waals surface area contributed by atoms with Crippen molar-refractivity contribution in [2.24, 2.45) is 5.41 Å². The molecule has 0 radical (unpaired) electrons. The van der Waals surface area contributed by atoms with Gasteiger partial charge in [-0.05, 0) is 37.0 Å². The molecule has 1 unspecified atom stereocenters. The van der Waals surface area contributed by atoms with Gasteiger partial charge in [-0.1, -0.05) is 34.6 Å². The Morgan fingerprint density at radius 3 is 2.33 bits per heavy atom. The third kappa shape index (κ3) is 10.6. The molecule has 2 heteroatoms. The first-order valence-corrected chi connectivity index (χ1v) is 7.46. The molecule has 0 aromatic rings. The topological polar surface area (TPSA) is 12.0 Å². The van der Waals surface area contributed by atoms with Gasteiger partial charge in [0.25, 0.3) is 0 Å². The minimum absolute atomic E-state index is 0.475. The van der Waals surface area contributed by atoms with E-state index in [2.05, 4.69) is 51.7 Å². The van der Waals surface area contributed by atoms with Crippen LogP contribution in [0.3, 0.4) is 0 Å². The SMILES string of the molecule is CCCSCC(CCC(C)(C)C)NCC. The Labute approximate surface area is 101 Å². The van der Waals surface area contributed by atoms with Gasteiger partial charge in [0, 0.05) is 11.8 Å². The standard InChI is InChI=1S/C13H29NS/c1-6-10-15-11-12(14-7-2)8-9-13(3,4)5/h12,14H,6-11H2,1-5H3. The van der Waals surface area contributed by atoms with E-state index < -0.39 is 0 Å². The summed E-state index contributed by atoms with van der Waals surface area (Å²) in [6.45, 7) is 12.5. The number of thioether (sulfide) groups is 1. The molecule has 0 heterocycles. The fourth-order valence-electron chi connectivity index (χ4n) is 1.51. The predicted octanol–water partition coefficient (Wildman–Crippen LogP) is 3.93. The Hall–Kier alpha value is 0.310. The smallest absolute Gasteiger partial charge is 0.0158 e. The summed E-state index contributed by atoms with van der Waals surface area (Å²) in [5.74, 6) is 2.58. The van der Waals surface area contributed by atoms with Crippen LogP contribution in [-0.2, 0) is 0 Å². The van der Waals surface area contributed by atoms with Crippen molar-refractivity contribution in [3.05, 3.63) is 0 Å². The zero-order valence-electron chi connectivity index (χ0n) is 11.2. The average Bonchev–Trinajstić information content (AvgIpc) is 2.13. The van der Waals surface area contributed by atoms with E-state index in [1.807, 2.05) is 0 Å². The lowest BCUT2D eigenvalue weighted by Crippen LogP contribution is -2.32. The number of rotatable bonds is 8. The summed E-state index contributed by atoms with van der Waals surface area (Å²) >= 11 is 2.09. The molecule has 0 aliphatic rings. The van der Waals surface area contributed by atoms with Gasteiger partial charge in [-0.15, -0.1) is 0 Å². The molecule has 0 fully saturated rings. The van der Waals surface area contributed by atoms with Gasteiger partial charge >= 0.3 is 0 Å². The lowest BCUT2D eigenvalue weighted by molar-refractivity contribution is 0.340. The molecule has 1 nitrogen and oxygen atoms in total. The average molecular weight is 231 g/mol. The molecule has 15 heavy (non-hydrogen) atoms. The first kappa shape index (κ1) is 15.3. The maximum Gasteiger partial charge on any atom is 0.0158 e. The Morgan fingerprint density at radius 1 is 1.20 bits per heavy atom. The van der Waals surface area contributed by atoms with Crippen LogP contribution < -0.4 is 5.32 Å². The van der Waals surface area contributed by atoms with Crippen molar-refractivity contribution in [3.63, 3.8) is 0 Å². The zero-order valence-corrected chi connectivity index (χ0v) is 12.0. The molecule has 1 N–H and O–H groups in total. The summed E-state index contributed by atoms with van der Waals surface area (Å²) in [4.78, 5) is 0. The Balaban J connectivity index is 3.72. The Morgan fingerprint density at radius 2 is 1.87 bits per heavy atom. The monoisotopic (exact) mass is 231 g/mol. The summed E-state index contributed by atoms with van der Waals surface area (Å²) in [6, 6.07) is 0.714. The molecule has 0 saturated heterocycles. The van der Waals surface area contributed by atoms with Crippen LogP contribution in [0.1, 0.15) is 53.9 Å². The third-order valence-electron chi connectivity index (χ3n) is 2.40. The number of hydrogen-bond donors (Lipinski definition) is 1. The first-order valence-electron chi connectivity index (χ1n) is 6.30. The molecule has 0 spiro atoms. The van der Waals surface area contributed by atoms with Crippen LogP contribution in [0.15, 0.2) is 0 Å². The quantitative estimate of drug-likeness (QED) is 0.635. The van der Waals surface area contributed by atoms with E-state index in [-0.39, 0.29) is 0 Å². The second-order valence-electron chi connectivity index (χ2n) is 5.43. The van der Waals surface area contributed by atoms with E-state index in [0.29, 0.717) is 11.5 Å². The van der Waals surface area contributed by atoms with E-state index in [1.54, 1.807) is 0 Å². The van der Waals surface area contributed by atoms with Crippen molar-refractivity contribution < 1.29 is 0 Å². The lowest BCUT2D eigenvalue weighted by atomic mass is 9.89. The third-order valence-corrected chi connectivity index (χ3v) is 3.74. The van der Waals surface area contributed by atoms with Gasteiger partial charge < -0.3 is 5.32 Å². The molecule has 0 aliphatic carbocycles. The second kappa shape index (κ2) is 8.46. The molecule has 92 valence electrons. The van der Waals surface area contributed by atoms with Gasteiger partial charge in [0.15, 0.2) is 0 Å². The van der Waals surface area contributed by atoms with E-state index in [9.17, 15) is 0 Å². The van der Waals surface area contributed by atoms with Crippen LogP contribution in [-0.4, -0.2) is 24.1 Å². The minimum atomic E-state index is 0.475. The van der Waals surface area contributed by atoms with Crippen molar-refractivity contribution in [2.75, 3.05) is 18.1 Å². The summed E-state index contributed by atoms with van der Waals surface area (Å²) in [6.07, 6.45) is 3.92. The van der Waals surface area contributed by atoms with Gasteiger partial charge in [-0.3, -0.25) is 0 Å². The van der Waals surface area contributed by atoms with E-state index in [1.165, 1.54) is 30.8 Å². The molecule has 1 atom stereocenters. The molecular formula is C13H29NS. The van der Waals surface area contributed by atoms with Crippen LogP contribution in [0.5, 0.6) is 0 Å². The van der Waals surface area contributed by atoms with Gasteiger partial charge in [0.1, 0.15) is 0 Å². The number of nitrogens with one attached hydrogen (secondary N) is 1. The van der Waals surface area contributed by atoms with Crippen LogP contribution in [0.25, 0.3) is 0 Å². The first-order chi connectivity index (χ1) is 6.99. The van der Waals surface area contributed by atoms with Gasteiger partial charge in [0.2, 0.25) is 0 Å². The Bertz CT molecular complexity index is 140. The number of hydrogen-bond acceptors (Lipinski definition) is 2. The predicted molar refractivity (Wildman–Crippen MR) is 73.8 cm³/mol. The molecule has 0 bridgehead atoms. The maximum atomic E-state index is 3.59.